The molecule has 1 aliphatic heterocycles. The summed E-state index contributed by atoms with van der Waals surface area (Å²) < 4.78 is 29.6. The Kier molecular flexibility index (Phi) is 9.67. The Bertz CT molecular complexity index is 714. The van der Waals surface area contributed by atoms with E-state index in [9.17, 15) is 9.50 Å². The van der Waals surface area contributed by atoms with E-state index in [1.54, 1.807) is 19.2 Å². The van der Waals surface area contributed by atoms with Gasteiger partial charge in [0.15, 0.2) is 0 Å². The highest BCUT2D eigenvalue weighted by atomic mass is 35.5. The van der Waals surface area contributed by atoms with Crippen LogP contribution in [0.25, 0.3) is 0 Å². The molecule has 5 nitrogen and oxygen atoms in total. The maximum absolute atomic E-state index is 13.1. The molecule has 0 bridgehead atoms. The van der Waals surface area contributed by atoms with Crippen molar-refractivity contribution in [3.05, 3.63) is 59.9 Å². The first-order valence-electron chi connectivity index (χ1n) is 9.66. The molecule has 1 saturated heterocycles. The van der Waals surface area contributed by atoms with Crippen LogP contribution in [0.1, 0.15) is 24.5 Å². The van der Waals surface area contributed by atoms with Crippen molar-refractivity contribution in [2.45, 2.75) is 25.0 Å². The Hall–Kier alpha value is -1.86. The first-order chi connectivity index (χ1) is 13.6. The number of nitrogens with one attached hydrogen (secondary N) is 1. The number of ether oxygens (including phenoxy) is 3. The van der Waals surface area contributed by atoms with Crippen LogP contribution in [0.3, 0.4) is 0 Å². The number of aliphatic hydroxyl groups excluding tert-OH is 1. The Morgan fingerprint density at radius 1 is 1.14 bits per heavy atom. The average Bonchev–Trinajstić information content (AvgIpc) is 2.73. The van der Waals surface area contributed by atoms with Crippen LogP contribution in [0.15, 0.2) is 48.5 Å². The van der Waals surface area contributed by atoms with Gasteiger partial charge in [-0.3, -0.25) is 0 Å². The normalized spacial score (nSPS) is 19.8. The summed E-state index contributed by atoms with van der Waals surface area (Å²) in [4.78, 5) is 0. The van der Waals surface area contributed by atoms with Crippen molar-refractivity contribution in [1.82, 2.24) is 5.32 Å². The number of methoxy groups -OCH3 is 1. The summed E-state index contributed by atoms with van der Waals surface area (Å²) in [5, 5.41) is 13.4. The average molecular weight is 426 g/mol. The van der Waals surface area contributed by atoms with E-state index in [2.05, 4.69) is 5.32 Å². The van der Waals surface area contributed by atoms with Gasteiger partial charge in [0.05, 0.1) is 13.2 Å². The Morgan fingerprint density at radius 2 is 1.83 bits per heavy atom. The SMILES string of the molecule is COc1ccc(OCC(O)CNCC2CCOC(c3ccc(F)cc3)C2)cc1.Cl. The van der Waals surface area contributed by atoms with Crippen molar-refractivity contribution in [3.8, 4) is 11.5 Å². The summed E-state index contributed by atoms with van der Waals surface area (Å²) in [6.07, 6.45) is 1.28. The summed E-state index contributed by atoms with van der Waals surface area (Å²) in [5.74, 6) is 1.69. The lowest BCUT2D eigenvalue weighted by molar-refractivity contribution is -0.0107. The Morgan fingerprint density at radius 3 is 2.52 bits per heavy atom. The standard InChI is InChI=1S/C22H28FNO4.ClH/c1-26-20-6-8-21(9-7-20)28-15-19(25)14-24-13-16-10-11-27-22(12-16)17-2-4-18(23)5-3-17;/h2-9,16,19,22,24-25H,10-15H2,1H3;1H. The molecule has 7 heteroatoms. The molecule has 0 amide bonds. The van der Waals surface area contributed by atoms with Gasteiger partial charge in [0.25, 0.3) is 0 Å². The lowest BCUT2D eigenvalue weighted by Crippen LogP contribution is -2.36. The first-order valence-corrected chi connectivity index (χ1v) is 9.66. The smallest absolute Gasteiger partial charge is 0.123 e. The second kappa shape index (κ2) is 12.0. The van der Waals surface area contributed by atoms with Crippen molar-refractivity contribution in [3.63, 3.8) is 0 Å². The second-order valence-corrected chi connectivity index (χ2v) is 7.10. The highest BCUT2D eigenvalue weighted by molar-refractivity contribution is 5.85. The zero-order chi connectivity index (χ0) is 19.8. The number of rotatable bonds is 9. The molecule has 3 unspecified atom stereocenters. The monoisotopic (exact) mass is 425 g/mol. The van der Waals surface area contributed by atoms with Crippen LogP contribution in [0.2, 0.25) is 0 Å². The number of hydrogen-bond donors (Lipinski definition) is 2. The molecule has 29 heavy (non-hydrogen) atoms. The van der Waals surface area contributed by atoms with Gasteiger partial charge in [-0.1, -0.05) is 12.1 Å². The minimum atomic E-state index is -0.588. The van der Waals surface area contributed by atoms with Crippen LogP contribution in [-0.4, -0.2) is 44.6 Å². The molecule has 1 fully saturated rings. The summed E-state index contributed by atoms with van der Waals surface area (Å²) in [6.45, 7) is 2.19. The van der Waals surface area contributed by atoms with Gasteiger partial charge in [0.2, 0.25) is 0 Å². The summed E-state index contributed by atoms with van der Waals surface area (Å²) in [5.41, 5.74) is 1.01. The van der Waals surface area contributed by atoms with Crippen molar-refractivity contribution in [2.75, 3.05) is 33.4 Å². The molecule has 0 spiro atoms. The fourth-order valence-electron chi connectivity index (χ4n) is 3.34. The number of halogens is 2. The Labute approximate surface area is 177 Å². The van der Waals surface area contributed by atoms with Gasteiger partial charge in [-0.05, 0) is 67.3 Å². The number of benzene rings is 2. The molecule has 0 radical (unpaired) electrons. The van der Waals surface area contributed by atoms with Crippen LogP contribution in [-0.2, 0) is 4.74 Å². The van der Waals surface area contributed by atoms with Gasteiger partial charge < -0.3 is 24.6 Å². The van der Waals surface area contributed by atoms with E-state index < -0.39 is 6.10 Å². The van der Waals surface area contributed by atoms with Crippen LogP contribution in [0, 0.1) is 11.7 Å². The summed E-state index contributed by atoms with van der Waals surface area (Å²) in [7, 11) is 1.62. The van der Waals surface area contributed by atoms with E-state index in [0.29, 0.717) is 24.8 Å². The van der Waals surface area contributed by atoms with E-state index in [0.717, 1.165) is 30.7 Å². The van der Waals surface area contributed by atoms with Crippen molar-refractivity contribution >= 4 is 12.4 Å². The predicted octanol–water partition coefficient (Wildman–Crippen LogP) is 3.75. The molecular weight excluding hydrogens is 397 g/mol. The fourth-order valence-corrected chi connectivity index (χ4v) is 3.34. The third kappa shape index (κ3) is 7.48. The molecule has 0 saturated carbocycles. The molecular formula is C22H29ClFNO4. The van der Waals surface area contributed by atoms with Crippen LogP contribution in [0.4, 0.5) is 4.39 Å². The van der Waals surface area contributed by atoms with Gasteiger partial charge in [0.1, 0.15) is 30.0 Å². The highest BCUT2D eigenvalue weighted by Gasteiger charge is 2.24. The van der Waals surface area contributed by atoms with E-state index in [4.69, 9.17) is 14.2 Å². The van der Waals surface area contributed by atoms with Gasteiger partial charge in [0, 0.05) is 13.2 Å². The molecule has 3 atom stereocenters. The van der Waals surface area contributed by atoms with Gasteiger partial charge >= 0.3 is 0 Å². The largest absolute Gasteiger partial charge is 0.497 e. The maximum Gasteiger partial charge on any atom is 0.123 e. The molecule has 3 rings (SSSR count). The third-order valence-electron chi connectivity index (χ3n) is 4.95. The molecule has 2 aromatic carbocycles. The third-order valence-corrected chi connectivity index (χ3v) is 4.95. The zero-order valence-electron chi connectivity index (χ0n) is 16.6. The van der Waals surface area contributed by atoms with E-state index in [1.807, 2.05) is 24.3 Å². The molecule has 2 N–H and O–H groups in total. The lowest BCUT2D eigenvalue weighted by Gasteiger charge is -2.30. The van der Waals surface area contributed by atoms with E-state index in [1.165, 1.54) is 12.1 Å². The Balaban J connectivity index is 0.00000300. The van der Waals surface area contributed by atoms with E-state index >= 15 is 0 Å². The molecule has 160 valence electrons. The molecule has 1 heterocycles. The van der Waals surface area contributed by atoms with Gasteiger partial charge in [-0.15, -0.1) is 12.4 Å². The minimum absolute atomic E-state index is 0. The molecule has 0 aliphatic carbocycles. The minimum Gasteiger partial charge on any atom is -0.497 e. The van der Waals surface area contributed by atoms with Crippen molar-refractivity contribution < 1.29 is 23.7 Å². The lowest BCUT2D eigenvalue weighted by atomic mass is 9.92. The zero-order valence-corrected chi connectivity index (χ0v) is 17.4. The van der Waals surface area contributed by atoms with Crippen molar-refractivity contribution in [2.24, 2.45) is 5.92 Å². The summed E-state index contributed by atoms with van der Waals surface area (Å²) in [6, 6.07) is 13.8. The van der Waals surface area contributed by atoms with E-state index in [-0.39, 0.29) is 30.9 Å². The predicted molar refractivity (Wildman–Crippen MR) is 112 cm³/mol. The maximum atomic E-state index is 13.1. The van der Waals surface area contributed by atoms with Crippen LogP contribution in [0.5, 0.6) is 11.5 Å². The first kappa shape index (κ1) is 23.4. The quantitative estimate of drug-likeness (QED) is 0.640. The number of aliphatic hydroxyl groups is 1. The fraction of sp³-hybridized carbons (Fsp3) is 0.455. The topological polar surface area (TPSA) is 60.0 Å². The van der Waals surface area contributed by atoms with Crippen LogP contribution < -0.4 is 14.8 Å². The van der Waals surface area contributed by atoms with Crippen molar-refractivity contribution in [1.29, 1.82) is 0 Å². The second-order valence-electron chi connectivity index (χ2n) is 7.10. The summed E-state index contributed by atoms with van der Waals surface area (Å²) >= 11 is 0. The number of hydrogen-bond acceptors (Lipinski definition) is 5. The highest BCUT2D eigenvalue weighted by Crippen LogP contribution is 2.31. The molecule has 2 aromatic rings. The van der Waals surface area contributed by atoms with Crippen LogP contribution >= 0.6 is 12.4 Å². The van der Waals surface area contributed by atoms with Gasteiger partial charge in [-0.2, -0.15) is 0 Å². The van der Waals surface area contributed by atoms with Gasteiger partial charge in [-0.25, -0.2) is 4.39 Å². The molecule has 1 aliphatic rings. The molecule has 0 aromatic heterocycles.